The Balaban J connectivity index is 1.45. The molecule has 1 unspecified atom stereocenters. The topological polar surface area (TPSA) is 68.9 Å². The Labute approximate surface area is 185 Å². The summed E-state index contributed by atoms with van der Waals surface area (Å²) in [6.45, 7) is 5.36. The molecular formula is C20H23Cl3N6. The van der Waals surface area contributed by atoms with Gasteiger partial charge < -0.3 is 20.5 Å². The van der Waals surface area contributed by atoms with Crippen molar-refractivity contribution in [3.63, 3.8) is 0 Å². The minimum atomic E-state index is 0.334. The Morgan fingerprint density at radius 3 is 2.90 bits per heavy atom. The van der Waals surface area contributed by atoms with Gasteiger partial charge in [0.05, 0.1) is 16.2 Å². The highest BCUT2D eigenvalue weighted by molar-refractivity contribution is 6.36. The number of aromatic amines is 1. The highest BCUT2D eigenvalue weighted by Crippen LogP contribution is 2.30. The van der Waals surface area contributed by atoms with Gasteiger partial charge in [-0.25, -0.2) is 4.98 Å². The van der Waals surface area contributed by atoms with Gasteiger partial charge >= 0.3 is 0 Å². The molecule has 0 bridgehead atoms. The predicted molar refractivity (Wildman–Crippen MR) is 122 cm³/mol. The van der Waals surface area contributed by atoms with Crippen LogP contribution in [0, 0.1) is 0 Å². The van der Waals surface area contributed by atoms with Crippen LogP contribution in [0.25, 0.3) is 11.2 Å². The molecule has 3 N–H and O–H groups in total. The predicted octanol–water partition coefficient (Wildman–Crippen LogP) is 5.11. The standard InChI is InChI=1S/C20H23Cl3N6/c1-2-24-18-12(8-13(21)9-15(18)22)10-25-14-4-3-7-29(11-14)20-26-16-5-6-17(23)27-19(16)28-20/h5-6,8-9,14,24-25H,2-4,7,10-11H2,1H3,(H,26,27,28). The van der Waals surface area contributed by atoms with E-state index in [1.165, 1.54) is 0 Å². The zero-order valence-electron chi connectivity index (χ0n) is 16.1. The molecule has 6 nitrogen and oxygen atoms in total. The molecule has 0 spiro atoms. The van der Waals surface area contributed by atoms with Gasteiger partial charge in [0.15, 0.2) is 5.65 Å². The molecule has 0 amide bonds. The van der Waals surface area contributed by atoms with E-state index in [-0.39, 0.29) is 0 Å². The number of piperidine rings is 1. The molecule has 29 heavy (non-hydrogen) atoms. The van der Waals surface area contributed by atoms with Crippen molar-refractivity contribution in [1.82, 2.24) is 20.3 Å². The zero-order valence-corrected chi connectivity index (χ0v) is 18.4. The minimum Gasteiger partial charge on any atom is -0.384 e. The molecule has 0 radical (unpaired) electrons. The summed E-state index contributed by atoms with van der Waals surface area (Å²) in [6, 6.07) is 7.75. The Morgan fingerprint density at radius 1 is 1.21 bits per heavy atom. The lowest BCUT2D eigenvalue weighted by atomic mass is 10.1. The first kappa shape index (κ1) is 20.5. The highest BCUT2D eigenvalue weighted by atomic mass is 35.5. The van der Waals surface area contributed by atoms with E-state index in [9.17, 15) is 0 Å². The molecule has 1 aromatic carbocycles. The largest absolute Gasteiger partial charge is 0.384 e. The van der Waals surface area contributed by atoms with E-state index in [1.54, 1.807) is 12.1 Å². The summed E-state index contributed by atoms with van der Waals surface area (Å²) in [4.78, 5) is 14.5. The van der Waals surface area contributed by atoms with E-state index < -0.39 is 0 Å². The first-order chi connectivity index (χ1) is 14.0. The van der Waals surface area contributed by atoms with Gasteiger partial charge in [0.1, 0.15) is 5.15 Å². The second kappa shape index (κ2) is 8.96. The molecule has 1 saturated heterocycles. The van der Waals surface area contributed by atoms with Crippen molar-refractivity contribution in [3.8, 4) is 0 Å². The maximum absolute atomic E-state index is 6.38. The number of fused-ring (bicyclic) bond motifs is 1. The molecule has 9 heteroatoms. The molecule has 1 atom stereocenters. The number of imidazole rings is 1. The Hall–Kier alpha value is -1.73. The van der Waals surface area contributed by atoms with Gasteiger partial charge in [-0.15, -0.1) is 0 Å². The lowest BCUT2D eigenvalue weighted by Crippen LogP contribution is -2.46. The third-order valence-corrected chi connectivity index (χ3v) is 5.82. The third-order valence-electron chi connectivity index (χ3n) is 5.09. The number of nitrogens with one attached hydrogen (secondary N) is 3. The van der Waals surface area contributed by atoms with Crippen LogP contribution in [-0.4, -0.2) is 40.6 Å². The number of anilines is 2. The van der Waals surface area contributed by atoms with Crippen molar-refractivity contribution < 1.29 is 0 Å². The second-order valence-electron chi connectivity index (χ2n) is 7.18. The van der Waals surface area contributed by atoms with Crippen LogP contribution in [0.4, 0.5) is 11.6 Å². The molecule has 1 aliphatic heterocycles. The number of H-pyrrole nitrogens is 1. The van der Waals surface area contributed by atoms with E-state index in [1.807, 2.05) is 12.1 Å². The Kier molecular flexibility index (Phi) is 6.35. The van der Waals surface area contributed by atoms with Gasteiger partial charge in [-0.2, -0.15) is 4.98 Å². The first-order valence-corrected chi connectivity index (χ1v) is 10.9. The number of hydrogen-bond donors (Lipinski definition) is 3. The molecule has 0 saturated carbocycles. The molecule has 3 aromatic rings. The van der Waals surface area contributed by atoms with E-state index in [4.69, 9.17) is 34.8 Å². The van der Waals surface area contributed by atoms with Crippen LogP contribution >= 0.6 is 34.8 Å². The fourth-order valence-electron chi connectivity index (χ4n) is 3.74. The number of halogens is 3. The average molecular weight is 454 g/mol. The van der Waals surface area contributed by atoms with Crippen molar-refractivity contribution in [2.45, 2.75) is 32.4 Å². The lowest BCUT2D eigenvalue weighted by Gasteiger charge is -2.33. The van der Waals surface area contributed by atoms with Gasteiger partial charge in [-0.1, -0.05) is 34.8 Å². The Bertz CT molecular complexity index is 1010. The summed E-state index contributed by atoms with van der Waals surface area (Å²) < 4.78 is 0. The quantitative estimate of drug-likeness (QED) is 0.453. The van der Waals surface area contributed by atoms with E-state index in [0.717, 1.165) is 55.2 Å². The van der Waals surface area contributed by atoms with Gasteiger partial charge in [0.2, 0.25) is 5.95 Å². The number of nitrogens with zero attached hydrogens (tertiary/aromatic N) is 3. The molecule has 2 aromatic heterocycles. The van der Waals surface area contributed by atoms with Crippen LogP contribution in [0.2, 0.25) is 15.2 Å². The summed E-state index contributed by atoms with van der Waals surface area (Å²) in [5, 5.41) is 8.74. The van der Waals surface area contributed by atoms with Crippen LogP contribution in [0.1, 0.15) is 25.3 Å². The SMILES string of the molecule is CCNc1c(Cl)cc(Cl)cc1CNC1CCCN(c2nc3nc(Cl)ccc3[nH]2)C1. The van der Waals surface area contributed by atoms with Crippen molar-refractivity contribution >= 4 is 57.6 Å². The van der Waals surface area contributed by atoms with Crippen LogP contribution < -0.4 is 15.5 Å². The van der Waals surface area contributed by atoms with Crippen LogP contribution in [0.3, 0.4) is 0 Å². The van der Waals surface area contributed by atoms with Crippen LogP contribution in [0.15, 0.2) is 24.3 Å². The molecule has 0 aliphatic carbocycles. The second-order valence-corrected chi connectivity index (χ2v) is 8.41. The summed E-state index contributed by atoms with van der Waals surface area (Å²) in [5.41, 5.74) is 3.55. The summed E-state index contributed by atoms with van der Waals surface area (Å²) in [6.07, 6.45) is 2.19. The van der Waals surface area contributed by atoms with Gasteiger partial charge in [-0.05, 0) is 49.6 Å². The summed E-state index contributed by atoms with van der Waals surface area (Å²) >= 11 is 18.6. The molecule has 1 fully saturated rings. The number of aromatic nitrogens is 3. The summed E-state index contributed by atoms with van der Waals surface area (Å²) in [7, 11) is 0. The van der Waals surface area contributed by atoms with Crippen molar-refractivity contribution in [2.24, 2.45) is 0 Å². The number of benzene rings is 1. The van der Waals surface area contributed by atoms with Gasteiger partial charge in [-0.3, -0.25) is 0 Å². The highest BCUT2D eigenvalue weighted by Gasteiger charge is 2.22. The normalized spacial score (nSPS) is 17.1. The van der Waals surface area contributed by atoms with Crippen molar-refractivity contribution in [2.75, 3.05) is 29.9 Å². The molecule has 154 valence electrons. The zero-order chi connectivity index (χ0) is 20.4. The fraction of sp³-hybridized carbons (Fsp3) is 0.400. The monoisotopic (exact) mass is 452 g/mol. The van der Waals surface area contributed by atoms with Crippen molar-refractivity contribution in [1.29, 1.82) is 0 Å². The number of rotatable bonds is 6. The maximum Gasteiger partial charge on any atom is 0.205 e. The van der Waals surface area contributed by atoms with Gasteiger partial charge in [0, 0.05) is 37.2 Å². The first-order valence-electron chi connectivity index (χ1n) is 9.76. The average Bonchev–Trinajstić information content (AvgIpc) is 3.12. The van der Waals surface area contributed by atoms with Crippen LogP contribution in [-0.2, 0) is 6.54 Å². The molecule has 1 aliphatic rings. The fourth-order valence-corrected chi connectivity index (χ4v) is 4.48. The van der Waals surface area contributed by atoms with E-state index in [0.29, 0.717) is 33.4 Å². The third kappa shape index (κ3) is 4.72. The lowest BCUT2D eigenvalue weighted by molar-refractivity contribution is 0.419. The Morgan fingerprint density at radius 2 is 2.07 bits per heavy atom. The summed E-state index contributed by atoms with van der Waals surface area (Å²) in [5.74, 6) is 0.834. The van der Waals surface area contributed by atoms with Gasteiger partial charge in [0.25, 0.3) is 0 Å². The minimum absolute atomic E-state index is 0.334. The van der Waals surface area contributed by atoms with E-state index in [2.05, 4.69) is 37.4 Å². The number of pyridine rings is 1. The molecule has 3 heterocycles. The number of hydrogen-bond acceptors (Lipinski definition) is 5. The van der Waals surface area contributed by atoms with Crippen LogP contribution in [0.5, 0.6) is 0 Å². The molecule has 4 rings (SSSR count). The maximum atomic E-state index is 6.38. The van der Waals surface area contributed by atoms with Crippen molar-refractivity contribution in [3.05, 3.63) is 45.0 Å². The molecular weight excluding hydrogens is 431 g/mol. The van der Waals surface area contributed by atoms with E-state index >= 15 is 0 Å². The smallest absolute Gasteiger partial charge is 0.205 e.